The third-order valence-corrected chi connectivity index (χ3v) is 13.9. The maximum atomic E-state index is 15.0. The monoisotopic (exact) mass is 910 g/mol. The maximum Gasteiger partial charge on any atom is 0.410 e. The van der Waals surface area contributed by atoms with E-state index in [1.807, 2.05) is 90.9 Å². The molecular weight excluding hydrogens is 835 g/mol. The molecule has 3 fully saturated rings. The second kappa shape index (κ2) is 22.5. The van der Waals surface area contributed by atoms with E-state index in [1.165, 1.54) is 7.11 Å². The fourth-order valence-electron chi connectivity index (χ4n) is 10.3. The Morgan fingerprint density at radius 3 is 2.42 bits per heavy atom. The lowest BCUT2D eigenvalue weighted by Crippen LogP contribution is -2.61. The molecule has 0 spiro atoms. The van der Waals surface area contributed by atoms with E-state index in [0.717, 1.165) is 11.5 Å². The Labute approximate surface area is 385 Å². The van der Waals surface area contributed by atoms with Gasteiger partial charge in [-0.1, -0.05) is 39.8 Å². The number of methoxy groups -OCH3 is 1. The first kappa shape index (κ1) is 51.8. The number of ether oxygens (including phenoxy) is 6. The molecule has 0 saturated carbocycles. The standard InChI is InChI=1S/C49H75N5O11/c1-13-37-49(9)43(54(47(59)65-49)26-17-16-25-51-38-21-18-19-30(3)52-38)32(5)40(56)29(2)28-48(8,60-12)44(64-46-41(57)36(53(10)11)27-31(4)61-46)33(6)42(34(7)45(58)62-37)63-39(55)23-22-35-20-14-15-24-50-35/h14-15,18-21,24,29,31-34,36-37,41-44,46,57H,13,16-17,22-23,25-28H2,1-12H3,(H,51,52)/t29-,31-,32-,33-,34-,36+,37+,41-,42-,43+,44-,46?,48-,49-/m1/s1. The number of unbranched alkanes of at least 4 members (excludes halogenated alkanes) is 1. The predicted molar refractivity (Wildman–Crippen MR) is 244 cm³/mol. The van der Waals surface area contributed by atoms with Crippen LogP contribution in [0, 0.1) is 30.6 Å². The summed E-state index contributed by atoms with van der Waals surface area (Å²) in [6.45, 7) is 17.3. The highest BCUT2D eigenvalue weighted by Crippen LogP contribution is 2.44. The number of esters is 2. The number of carbonyl (C=O) groups is 4. The lowest BCUT2D eigenvalue weighted by atomic mass is 9.73. The number of carbonyl (C=O) groups excluding carboxylic acids is 4. The van der Waals surface area contributed by atoms with Gasteiger partial charge in [0.2, 0.25) is 0 Å². The molecule has 0 radical (unpaired) electrons. The van der Waals surface area contributed by atoms with Gasteiger partial charge in [0.25, 0.3) is 0 Å². The Hall–Kier alpha value is -4.22. The number of hydrogen-bond acceptors (Lipinski definition) is 15. The molecule has 2 N–H and O–H groups in total. The summed E-state index contributed by atoms with van der Waals surface area (Å²) in [6, 6.07) is 10.1. The number of fused-ring (bicyclic) bond motifs is 1. The summed E-state index contributed by atoms with van der Waals surface area (Å²) in [6.07, 6.45) is -2.04. The molecule has 16 nitrogen and oxygen atoms in total. The van der Waals surface area contributed by atoms with E-state index in [1.54, 1.807) is 37.9 Å². The zero-order valence-electron chi connectivity index (χ0n) is 40.7. The molecule has 14 atom stereocenters. The number of anilines is 1. The van der Waals surface area contributed by atoms with Crippen LogP contribution in [0.5, 0.6) is 0 Å². The van der Waals surface area contributed by atoms with Crippen molar-refractivity contribution in [2.24, 2.45) is 23.7 Å². The highest BCUT2D eigenvalue weighted by molar-refractivity contribution is 5.85. The van der Waals surface area contributed by atoms with Gasteiger partial charge in [-0.25, -0.2) is 9.78 Å². The van der Waals surface area contributed by atoms with Gasteiger partial charge in [-0.3, -0.25) is 19.4 Å². The smallest absolute Gasteiger partial charge is 0.410 e. The van der Waals surface area contributed by atoms with Crippen LogP contribution >= 0.6 is 0 Å². The molecule has 3 saturated heterocycles. The molecule has 2 aromatic heterocycles. The van der Waals surface area contributed by atoms with Crippen molar-refractivity contribution in [3.8, 4) is 0 Å². The summed E-state index contributed by atoms with van der Waals surface area (Å²) < 4.78 is 38.5. The van der Waals surface area contributed by atoms with Crippen molar-refractivity contribution in [3.05, 3.63) is 54.0 Å². The van der Waals surface area contributed by atoms with Crippen molar-refractivity contribution in [2.75, 3.05) is 39.6 Å². The normalized spacial score (nSPS) is 34.9. The van der Waals surface area contributed by atoms with E-state index in [9.17, 15) is 24.3 Å². The number of hydrogen-bond donors (Lipinski definition) is 2. The van der Waals surface area contributed by atoms with Gasteiger partial charge in [-0.2, -0.15) is 0 Å². The Morgan fingerprint density at radius 1 is 1.03 bits per heavy atom. The van der Waals surface area contributed by atoms with Gasteiger partial charge in [0.15, 0.2) is 11.9 Å². The molecule has 5 heterocycles. The number of pyridine rings is 2. The quantitative estimate of drug-likeness (QED) is 0.117. The summed E-state index contributed by atoms with van der Waals surface area (Å²) in [7, 11) is 5.30. The van der Waals surface area contributed by atoms with Crippen LogP contribution in [0.3, 0.4) is 0 Å². The van der Waals surface area contributed by atoms with Crippen molar-refractivity contribution in [1.29, 1.82) is 0 Å². The van der Waals surface area contributed by atoms with Crippen LogP contribution in [-0.2, 0) is 49.2 Å². The van der Waals surface area contributed by atoms with Crippen LogP contribution < -0.4 is 5.32 Å². The van der Waals surface area contributed by atoms with Crippen LogP contribution in [0.15, 0.2) is 42.6 Å². The van der Waals surface area contributed by atoms with Crippen LogP contribution in [0.1, 0.15) is 105 Å². The third kappa shape index (κ3) is 12.2. The summed E-state index contributed by atoms with van der Waals surface area (Å²) in [5, 5.41) is 15.1. The Kier molecular flexibility index (Phi) is 17.9. The zero-order valence-corrected chi connectivity index (χ0v) is 40.7. The Balaban J connectivity index is 1.53. The molecule has 0 aliphatic carbocycles. The molecule has 2 aromatic rings. The van der Waals surface area contributed by atoms with E-state index in [2.05, 4.69) is 15.3 Å². The zero-order chi connectivity index (χ0) is 47.8. The lowest BCUT2D eigenvalue weighted by Gasteiger charge is -2.48. The fourth-order valence-corrected chi connectivity index (χ4v) is 10.3. The topological polar surface area (TPSA) is 188 Å². The van der Waals surface area contributed by atoms with Gasteiger partial charge in [0.05, 0.1) is 36.2 Å². The van der Waals surface area contributed by atoms with Crippen LogP contribution in [0.2, 0.25) is 0 Å². The van der Waals surface area contributed by atoms with Gasteiger partial charge in [-0.05, 0) is 105 Å². The molecular formula is C49H75N5O11. The highest BCUT2D eigenvalue weighted by atomic mass is 16.7. The van der Waals surface area contributed by atoms with E-state index >= 15 is 0 Å². The number of aromatic nitrogens is 2. The van der Waals surface area contributed by atoms with Crippen molar-refractivity contribution < 1.29 is 52.7 Å². The van der Waals surface area contributed by atoms with E-state index in [-0.39, 0.29) is 37.2 Å². The minimum Gasteiger partial charge on any atom is -0.461 e. The van der Waals surface area contributed by atoms with Crippen molar-refractivity contribution >= 4 is 29.6 Å². The number of aryl methyl sites for hydroxylation is 2. The highest BCUT2D eigenvalue weighted by Gasteiger charge is 2.60. The molecule has 0 aromatic carbocycles. The number of aliphatic hydroxyl groups is 1. The first-order chi connectivity index (χ1) is 30.7. The van der Waals surface area contributed by atoms with Crippen LogP contribution in [0.25, 0.3) is 0 Å². The number of likely N-dealkylation sites (N-methyl/N-ethyl adjacent to an activating group) is 1. The predicted octanol–water partition coefficient (Wildman–Crippen LogP) is 6.16. The average molecular weight is 910 g/mol. The van der Waals surface area contributed by atoms with Crippen molar-refractivity contribution in [1.82, 2.24) is 19.8 Å². The summed E-state index contributed by atoms with van der Waals surface area (Å²) in [5.41, 5.74) is -1.10. The van der Waals surface area contributed by atoms with Crippen LogP contribution in [-0.4, -0.2) is 143 Å². The molecule has 1 unspecified atom stereocenters. The molecule has 1 amide bonds. The second-order valence-electron chi connectivity index (χ2n) is 19.2. The molecule has 362 valence electrons. The Bertz CT molecular complexity index is 1910. The molecule has 16 heteroatoms. The fraction of sp³-hybridized carbons (Fsp3) is 0.714. The summed E-state index contributed by atoms with van der Waals surface area (Å²) in [5.74, 6) is -3.92. The number of Topliss-reactive ketones (excluding diaryl/α,β-unsaturated/α-hetero) is 1. The molecule has 3 aliphatic heterocycles. The van der Waals surface area contributed by atoms with Crippen LogP contribution in [0.4, 0.5) is 10.6 Å². The van der Waals surface area contributed by atoms with Gasteiger partial charge < -0.3 is 48.6 Å². The number of rotatable bonds is 15. The first-order valence-corrected chi connectivity index (χ1v) is 23.5. The van der Waals surface area contributed by atoms with E-state index in [0.29, 0.717) is 44.5 Å². The molecule has 0 bridgehead atoms. The third-order valence-electron chi connectivity index (χ3n) is 13.9. The Morgan fingerprint density at radius 2 is 1.77 bits per heavy atom. The summed E-state index contributed by atoms with van der Waals surface area (Å²) >= 11 is 0. The number of amides is 1. The van der Waals surface area contributed by atoms with Crippen molar-refractivity contribution in [2.45, 2.75) is 167 Å². The van der Waals surface area contributed by atoms with E-state index < -0.39 is 89.7 Å². The molecule has 5 rings (SSSR count). The minimum absolute atomic E-state index is 0.0209. The van der Waals surface area contributed by atoms with Gasteiger partial charge in [-0.15, -0.1) is 0 Å². The number of aliphatic hydroxyl groups excluding tert-OH is 1. The molecule has 65 heavy (non-hydrogen) atoms. The largest absolute Gasteiger partial charge is 0.461 e. The second-order valence-corrected chi connectivity index (χ2v) is 19.2. The van der Waals surface area contributed by atoms with Gasteiger partial charge in [0, 0.05) is 68.0 Å². The number of nitrogens with one attached hydrogen (secondary N) is 1. The number of nitrogens with zero attached hydrogens (tertiary/aromatic N) is 4. The average Bonchev–Trinajstić information content (AvgIpc) is 3.53. The van der Waals surface area contributed by atoms with E-state index in [4.69, 9.17) is 28.4 Å². The first-order valence-electron chi connectivity index (χ1n) is 23.5. The molecule has 3 aliphatic rings. The SMILES string of the molecule is CC[C@@H]1OC(=O)[C@H](C)[C@H](OC(=O)CCc2ccccn2)[C@@H](C)[C@@H](OC2O[C@H](C)C[C@H](N(C)C)[C@H]2O)[C@](C)(OC)C[C@@H](C)C(=O)[C@@H](C)[C@@H]2N(CCCCNc3cccc(C)n3)C(=O)O[C@]12C. The number of cyclic esters (lactones) is 1. The van der Waals surface area contributed by atoms with Crippen molar-refractivity contribution in [3.63, 3.8) is 0 Å². The lowest BCUT2D eigenvalue weighted by molar-refractivity contribution is -0.301. The maximum absolute atomic E-state index is 15.0. The number of ketones is 1. The van der Waals surface area contributed by atoms with Gasteiger partial charge >= 0.3 is 18.0 Å². The van der Waals surface area contributed by atoms with Gasteiger partial charge in [0.1, 0.15) is 29.9 Å². The summed E-state index contributed by atoms with van der Waals surface area (Å²) in [4.78, 5) is 69.9. The minimum atomic E-state index is -1.42.